The smallest absolute Gasteiger partial charge is 0.410 e. The van der Waals surface area contributed by atoms with Gasteiger partial charge in [0, 0.05) is 12.1 Å². The molecule has 0 bridgehead atoms. The Bertz CT molecular complexity index is 623. The first-order chi connectivity index (χ1) is 10.6. The molecule has 1 amide bonds. The Labute approximate surface area is 134 Å². The molecule has 6 heteroatoms. The number of carbonyl (C=O) groups excluding carboxylic acids is 2. The number of nitrogens with zero attached hydrogens (tertiary/aromatic N) is 1. The number of fused-ring (bicyclic) bond motifs is 1. The molecular formula is C17H21F2NO3. The Kier molecular flexibility index (Phi) is 4.73. The first-order valence-electron chi connectivity index (χ1n) is 7.55. The van der Waals surface area contributed by atoms with Gasteiger partial charge in [0.25, 0.3) is 0 Å². The summed E-state index contributed by atoms with van der Waals surface area (Å²) < 4.78 is 30.9. The second-order valence-electron chi connectivity index (χ2n) is 6.64. The molecule has 0 N–H and O–H groups in total. The summed E-state index contributed by atoms with van der Waals surface area (Å²) in [7, 11) is 0. The van der Waals surface area contributed by atoms with Gasteiger partial charge in [-0.2, -0.15) is 0 Å². The number of amides is 1. The molecule has 0 aliphatic carbocycles. The van der Waals surface area contributed by atoms with Crippen molar-refractivity contribution in [2.75, 3.05) is 6.54 Å². The lowest BCUT2D eigenvalue weighted by molar-refractivity contribution is 0.0159. The SMILES string of the molecule is C[C@H]1c2cccc(C(=O)C(F)F)c2CCN1C(=O)OC(C)(C)C. The van der Waals surface area contributed by atoms with Gasteiger partial charge in [-0.25, -0.2) is 13.6 Å². The van der Waals surface area contributed by atoms with Gasteiger partial charge in [-0.3, -0.25) is 4.79 Å². The standard InChI is InChI=1S/C17H21F2NO3/c1-10-11-6-5-7-13(14(21)15(18)19)12(11)8-9-20(10)16(22)23-17(2,3)4/h5-7,10,15H,8-9H2,1-4H3/t10-/m0/s1. The zero-order chi connectivity index (χ0) is 17.4. The summed E-state index contributed by atoms with van der Waals surface area (Å²) in [5.41, 5.74) is 0.761. The van der Waals surface area contributed by atoms with Crippen LogP contribution in [0.15, 0.2) is 18.2 Å². The number of alkyl halides is 2. The minimum Gasteiger partial charge on any atom is -0.444 e. The molecule has 23 heavy (non-hydrogen) atoms. The normalized spacial score (nSPS) is 17.9. The van der Waals surface area contributed by atoms with Gasteiger partial charge >= 0.3 is 12.5 Å². The number of hydrogen-bond donors (Lipinski definition) is 0. The monoisotopic (exact) mass is 325 g/mol. The quantitative estimate of drug-likeness (QED) is 0.773. The fraction of sp³-hybridized carbons (Fsp3) is 0.529. The van der Waals surface area contributed by atoms with Crippen molar-refractivity contribution in [3.05, 3.63) is 34.9 Å². The lowest BCUT2D eigenvalue weighted by atomic mass is 9.88. The third-order valence-electron chi connectivity index (χ3n) is 3.82. The van der Waals surface area contributed by atoms with Crippen molar-refractivity contribution >= 4 is 11.9 Å². The number of ketones is 1. The van der Waals surface area contributed by atoms with E-state index in [1.54, 1.807) is 44.7 Å². The van der Waals surface area contributed by atoms with Crippen molar-refractivity contribution in [1.82, 2.24) is 4.90 Å². The van der Waals surface area contributed by atoms with Crippen LogP contribution in [0.25, 0.3) is 0 Å². The van der Waals surface area contributed by atoms with Crippen LogP contribution in [-0.2, 0) is 11.2 Å². The van der Waals surface area contributed by atoms with Crippen LogP contribution < -0.4 is 0 Å². The van der Waals surface area contributed by atoms with E-state index in [4.69, 9.17) is 4.74 Å². The maximum absolute atomic E-state index is 12.7. The van der Waals surface area contributed by atoms with E-state index in [1.165, 1.54) is 6.07 Å². The molecule has 0 saturated heterocycles. The topological polar surface area (TPSA) is 46.6 Å². The van der Waals surface area contributed by atoms with Gasteiger partial charge < -0.3 is 9.64 Å². The number of rotatable bonds is 2. The highest BCUT2D eigenvalue weighted by Gasteiger charge is 2.33. The van der Waals surface area contributed by atoms with E-state index in [9.17, 15) is 18.4 Å². The van der Waals surface area contributed by atoms with Crippen molar-refractivity contribution in [3.8, 4) is 0 Å². The zero-order valence-corrected chi connectivity index (χ0v) is 13.7. The molecule has 1 aliphatic rings. The molecule has 0 unspecified atom stereocenters. The highest BCUT2D eigenvalue weighted by Crippen LogP contribution is 2.33. The van der Waals surface area contributed by atoms with Gasteiger partial charge in [0.1, 0.15) is 5.60 Å². The molecule has 0 radical (unpaired) electrons. The number of halogens is 2. The van der Waals surface area contributed by atoms with Crippen LogP contribution in [0, 0.1) is 0 Å². The summed E-state index contributed by atoms with van der Waals surface area (Å²) in [5.74, 6) is -1.17. The van der Waals surface area contributed by atoms with E-state index in [1.807, 2.05) is 0 Å². The fourth-order valence-electron chi connectivity index (χ4n) is 2.79. The minimum atomic E-state index is -3.03. The van der Waals surface area contributed by atoms with E-state index in [0.717, 1.165) is 0 Å². The van der Waals surface area contributed by atoms with Gasteiger partial charge in [-0.05, 0) is 45.2 Å². The second kappa shape index (κ2) is 6.26. The van der Waals surface area contributed by atoms with E-state index in [2.05, 4.69) is 0 Å². The Morgan fingerprint density at radius 1 is 1.30 bits per heavy atom. The third kappa shape index (κ3) is 3.68. The molecule has 1 aromatic carbocycles. The Hall–Kier alpha value is -1.98. The van der Waals surface area contributed by atoms with E-state index < -0.39 is 23.9 Å². The molecule has 1 heterocycles. The Morgan fingerprint density at radius 3 is 2.52 bits per heavy atom. The van der Waals surface area contributed by atoms with Crippen molar-refractivity contribution in [1.29, 1.82) is 0 Å². The van der Waals surface area contributed by atoms with Crippen molar-refractivity contribution in [2.24, 2.45) is 0 Å². The number of hydrogen-bond acceptors (Lipinski definition) is 3. The summed E-state index contributed by atoms with van der Waals surface area (Å²) >= 11 is 0. The highest BCUT2D eigenvalue weighted by atomic mass is 19.3. The number of ether oxygens (including phenoxy) is 1. The zero-order valence-electron chi connectivity index (χ0n) is 13.7. The van der Waals surface area contributed by atoms with Crippen LogP contribution in [0.1, 0.15) is 55.2 Å². The Balaban J connectivity index is 2.31. The van der Waals surface area contributed by atoms with Crippen LogP contribution in [0.2, 0.25) is 0 Å². The first kappa shape index (κ1) is 17.4. The molecule has 0 aromatic heterocycles. The van der Waals surface area contributed by atoms with Crippen molar-refractivity contribution in [2.45, 2.75) is 52.2 Å². The maximum atomic E-state index is 12.7. The number of Topliss-reactive ketones (excluding diaryl/α,β-unsaturated/α-hetero) is 1. The summed E-state index contributed by atoms with van der Waals surface area (Å²) in [6.45, 7) is 7.49. The maximum Gasteiger partial charge on any atom is 0.410 e. The van der Waals surface area contributed by atoms with Crippen molar-refractivity contribution in [3.63, 3.8) is 0 Å². The average molecular weight is 325 g/mol. The van der Waals surface area contributed by atoms with Crippen LogP contribution in [0.5, 0.6) is 0 Å². The highest BCUT2D eigenvalue weighted by molar-refractivity contribution is 6.00. The van der Waals surface area contributed by atoms with Gasteiger partial charge in [0.05, 0.1) is 6.04 Å². The molecule has 0 spiro atoms. The van der Waals surface area contributed by atoms with Gasteiger partial charge in [-0.1, -0.05) is 18.2 Å². The first-order valence-corrected chi connectivity index (χ1v) is 7.55. The van der Waals surface area contributed by atoms with Crippen LogP contribution in [0.3, 0.4) is 0 Å². The summed E-state index contributed by atoms with van der Waals surface area (Å²) in [4.78, 5) is 25.5. The summed E-state index contributed by atoms with van der Waals surface area (Å²) in [6.07, 6.45) is -3.12. The minimum absolute atomic E-state index is 0.0492. The van der Waals surface area contributed by atoms with Crippen LogP contribution in [0.4, 0.5) is 13.6 Å². The molecule has 126 valence electrons. The fourth-order valence-corrected chi connectivity index (χ4v) is 2.79. The molecule has 0 fully saturated rings. The van der Waals surface area contributed by atoms with E-state index >= 15 is 0 Å². The molecule has 4 nitrogen and oxygen atoms in total. The largest absolute Gasteiger partial charge is 0.444 e. The van der Waals surface area contributed by atoms with Gasteiger partial charge in [0.15, 0.2) is 0 Å². The van der Waals surface area contributed by atoms with Crippen LogP contribution >= 0.6 is 0 Å². The van der Waals surface area contributed by atoms with E-state index in [0.29, 0.717) is 24.1 Å². The predicted octanol–water partition coefficient (Wildman–Crippen LogP) is 3.99. The number of carbonyl (C=O) groups is 2. The number of benzene rings is 1. The third-order valence-corrected chi connectivity index (χ3v) is 3.82. The van der Waals surface area contributed by atoms with Gasteiger partial charge in [0.2, 0.25) is 5.78 Å². The molecule has 1 aliphatic heterocycles. The molecule has 2 rings (SSSR count). The summed E-state index contributed by atoms with van der Waals surface area (Å²) in [6, 6.07) is 4.42. The molecule has 0 saturated carbocycles. The van der Waals surface area contributed by atoms with Crippen LogP contribution in [-0.4, -0.2) is 35.3 Å². The Morgan fingerprint density at radius 2 is 1.96 bits per heavy atom. The lowest BCUT2D eigenvalue weighted by Crippen LogP contribution is -2.42. The molecule has 1 atom stereocenters. The van der Waals surface area contributed by atoms with E-state index in [-0.39, 0.29) is 11.6 Å². The predicted molar refractivity (Wildman–Crippen MR) is 81.8 cm³/mol. The molecular weight excluding hydrogens is 304 g/mol. The summed E-state index contributed by atoms with van der Waals surface area (Å²) in [5, 5.41) is 0. The van der Waals surface area contributed by atoms with Crippen molar-refractivity contribution < 1.29 is 23.1 Å². The molecule has 1 aromatic rings. The average Bonchev–Trinajstić information content (AvgIpc) is 2.44. The lowest BCUT2D eigenvalue weighted by Gasteiger charge is -2.36. The second-order valence-corrected chi connectivity index (χ2v) is 6.64. The van der Waals surface area contributed by atoms with Gasteiger partial charge in [-0.15, -0.1) is 0 Å².